The Hall–Kier alpha value is -0.970. The van der Waals surface area contributed by atoms with Crippen LogP contribution in [0.25, 0.3) is 0 Å². The van der Waals surface area contributed by atoms with Gasteiger partial charge < -0.3 is 14.9 Å². The highest BCUT2D eigenvalue weighted by atomic mass is 16.6. The minimum atomic E-state index is -0.765. The molecule has 4 unspecified atom stereocenters. The Balaban J connectivity index is 1.49. The van der Waals surface area contributed by atoms with Crippen LogP contribution in [0.1, 0.15) is 51.9 Å². The summed E-state index contributed by atoms with van der Waals surface area (Å²) in [5, 5.41) is 20.0. The quantitative estimate of drug-likeness (QED) is 0.707. The van der Waals surface area contributed by atoms with Crippen molar-refractivity contribution in [2.75, 3.05) is 6.61 Å². The molecular weight excluding hydrogens is 328 g/mol. The second-order valence-corrected chi connectivity index (χ2v) is 9.56. The Kier molecular flexibility index (Phi) is 3.80. The lowest BCUT2D eigenvalue weighted by atomic mass is 9.49. The number of hydrogen-bond acceptors (Lipinski definition) is 4. The Bertz CT molecular complexity index is 682. The summed E-state index contributed by atoms with van der Waals surface area (Å²) in [6.45, 7) is 2.52. The fourth-order valence-corrected chi connectivity index (χ4v) is 7.54. The average Bonchev–Trinajstić information content (AvgIpc) is 3.15. The van der Waals surface area contributed by atoms with E-state index in [9.17, 15) is 15.0 Å². The molecule has 0 amide bonds. The van der Waals surface area contributed by atoms with Crippen LogP contribution in [0.15, 0.2) is 23.8 Å². The lowest BCUT2D eigenvalue weighted by Crippen LogP contribution is -2.53. The van der Waals surface area contributed by atoms with E-state index in [0.717, 1.165) is 32.1 Å². The summed E-state index contributed by atoms with van der Waals surface area (Å²) in [5.41, 5.74) is 0.997. The highest BCUT2D eigenvalue weighted by Crippen LogP contribution is 2.67. The second kappa shape index (κ2) is 5.76. The molecule has 1 spiro atoms. The summed E-state index contributed by atoms with van der Waals surface area (Å²) in [6, 6.07) is 0. The zero-order valence-electron chi connectivity index (χ0n) is 15.6. The molecule has 0 radical (unpaired) electrons. The van der Waals surface area contributed by atoms with Crippen molar-refractivity contribution in [3.63, 3.8) is 0 Å². The van der Waals surface area contributed by atoms with Gasteiger partial charge in [0.2, 0.25) is 0 Å². The van der Waals surface area contributed by atoms with Crippen molar-refractivity contribution in [3.05, 3.63) is 23.8 Å². The van der Waals surface area contributed by atoms with Crippen molar-refractivity contribution in [2.45, 2.75) is 63.8 Å². The fourth-order valence-electron chi connectivity index (χ4n) is 7.54. The number of hydrogen-bond donors (Lipinski definition) is 2. The normalized spacial score (nSPS) is 52.6. The summed E-state index contributed by atoms with van der Waals surface area (Å²) < 4.78 is 6.07. The van der Waals surface area contributed by atoms with Gasteiger partial charge in [-0.2, -0.15) is 0 Å². The third-order valence-corrected chi connectivity index (χ3v) is 8.76. The van der Waals surface area contributed by atoms with Gasteiger partial charge in [0.05, 0.1) is 5.60 Å². The molecule has 3 saturated carbocycles. The first-order chi connectivity index (χ1) is 12.5. The zero-order valence-corrected chi connectivity index (χ0v) is 15.6. The van der Waals surface area contributed by atoms with Crippen LogP contribution in [0.2, 0.25) is 0 Å². The summed E-state index contributed by atoms with van der Waals surface area (Å²) in [4.78, 5) is 12.0. The lowest BCUT2D eigenvalue weighted by Gasteiger charge is -2.57. The van der Waals surface area contributed by atoms with E-state index >= 15 is 0 Å². The number of ketones is 1. The molecule has 4 nitrogen and oxygen atoms in total. The van der Waals surface area contributed by atoms with Crippen LogP contribution in [-0.4, -0.2) is 34.5 Å². The first kappa shape index (κ1) is 17.2. The van der Waals surface area contributed by atoms with Crippen molar-refractivity contribution in [3.8, 4) is 0 Å². The highest BCUT2D eigenvalue weighted by Gasteiger charge is 2.64. The summed E-state index contributed by atoms with van der Waals surface area (Å²) in [7, 11) is 0. The van der Waals surface area contributed by atoms with E-state index in [0.29, 0.717) is 30.1 Å². The minimum Gasteiger partial charge on any atom is -0.396 e. The van der Waals surface area contributed by atoms with Crippen LogP contribution < -0.4 is 0 Å². The maximum absolute atomic E-state index is 12.0. The largest absolute Gasteiger partial charge is 0.396 e. The van der Waals surface area contributed by atoms with Gasteiger partial charge in [-0.25, -0.2) is 0 Å². The number of carbonyl (C=O) groups excluding carboxylic acids is 1. The van der Waals surface area contributed by atoms with Crippen molar-refractivity contribution < 1.29 is 19.7 Å². The van der Waals surface area contributed by atoms with E-state index in [-0.39, 0.29) is 29.3 Å². The van der Waals surface area contributed by atoms with Crippen LogP contribution in [0.4, 0.5) is 0 Å². The first-order valence-corrected chi connectivity index (χ1v) is 10.4. The SMILES string of the molecule is C[C@]12CCC3C(C[C@H](CO)C4=CC(=O)CC[C@@H]43)C1CC[C@@]21C=CC(O)O1. The van der Waals surface area contributed by atoms with Crippen molar-refractivity contribution >= 4 is 5.78 Å². The van der Waals surface area contributed by atoms with Crippen molar-refractivity contribution in [1.82, 2.24) is 0 Å². The third-order valence-electron chi connectivity index (χ3n) is 8.76. The Morgan fingerprint density at radius 3 is 2.81 bits per heavy atom. The molecule has 3 fully saturated rings. The molecule has 0 aromatic rings. The number of aliphatic hydroxyl groups is 2. The van der Waals surface area contributed by atoms with E-state index in [1.165, 1.54) is 12.0 Å². The monoisotopic (exact) mass is 358 g/mol. The van der Waals surface area contributed by atoms with Crippen molar-refractivity contribution in [2.24, 2.45) is 35.0 Å². The number of rotatable bonds is 1. The van der Waals surface area contributed by atoms with E-state index in [2.05, 4.69) is 13.0 Å². The van der Waals surface area contributed by atoms with Gasteiger partial charge in [0, 0.05) is 24.4 Å². The molecule has 5 aliphatic rings. The number of fused-ring (bicyclic) bond motifs is 6. The molecule has 8 atom stereocenters. The van der Waals surface area contributed by atoms with Crippen LogP contribution in [0, 0.1) is 35.0 Å². The minimum absolute atomic E-state index is 0.0633. The van der Waals surface area contributed by atoms with E-state index in [1.807, 2.05) is 12.2 Å². The molecule has 1 heterocycles. The molecule has 0 bridgehead atoms. The van der Waals surface area contributed by atoms with Gasteiger partial charge in [-0.3, -0.25) is 4.79 Å². The van der Waals surface area contributed by atoms with Crippen LogP contribution in [0.5, 0.6) is 0 Å². The van der Waals surface area contributed by atoms with E-state index < -0.39 is 6.29 Å². The van der Waals surface area contributed by atoms with Gasteiger partial charge in [-0.15, -0.1) is 0 Å². The predicted octanol–water partition coefficient (Wildman–Crippen LogP) is 2.99. The van der Waals surface area contributed by atoms with Gasteiger partial charge in [0.1, 0.15) is 0 Å². The molecule has 4 aliphatic carbocycles. The van der Waals surface area contributed by atoms with Crippen molar-refractivity contribution in [1.29, 1.82) is 0 Å². The lowest BCUT2D eigenvalue weighted by molar-refractivity contribution is -0.182. The predicted molar refractivity (Wildman–Crippen MR) is 97.0 cm³/mol. The van der Waals surface area contributed by atoms with Crippen LogP contribution >= 0.6 is 0 Å². The van der Waals surface area contributed by atoms with Gasteiger partial charge in [0.25, 0.3) is 0 Å². The topological polar surface area (TPSA) is 66.8 Å². The highest BCUT2D eigenvalue weighted by molar-refractivity contribution is 5.91. The Morgan fingerprint density at radius 2 is 2.08 bits per heavy atom. The summed E-state index contributed by atoms with van der Waals surface area (Å²) in [6.07, 6.45) is 12.1. The van der Waals surface area contributed by atoms with Gasteiger partial charge in [-0.1, -0.05) is 18.6 Å². The van der Waals surface area contributed by atoms with Crippen LogP contribution in [-0.2, 0) is 9.53 Å². The third kappa shape index (κ3) is 2.15. The maximum Gasteiger partial charge on any atom is 0.175 e. The number of ether oxygens (including phenoxy) is 1. The molecule has 142 valence electrons. The molecule has 1 aliphatic heterocycles. The fraction of sp³-hybridized carbons (Fsp3) is 0.773. The van der Waals surface area contributed by atoms with Gasteiger partial charge in [-0.05, 0) is 74.3 Å². The van der Waals surface area contributed by atoms with Gasteiger partial charge in [0.15, 0.2) is 12.1 Å². The number of carbonyl (C=O) groups is 1. The molecule has 0 saturated heterocycles. The molecular formula is C22H30O4. The molecule has 5 rings (SSSR count). The molecule has 0 aromatic heterocycles. The van der Waals surface area contributed by atoms with Crippen LogP contribution in [0.3, 0.4) is 0 Å². The van der Waals surface area contributed by atoms with E-state index in [1.54, 1.807) is 0 Å². The molecule has 0 aromatic carbocycles. The number of aliphatic hydroxyl groups excluding tert-OH is 2. The second-order valence-electron chi connectivity index (χ2n) is 9.56. The maximum atomic E-state index is 12.0. The first-order valence-electron chi connectivity index (χ1n) is 10.4. The Labute approximate surface area is 155 Å². The molecule has 26 heavy (non-hydrogen) atoms. The average molecular weight is 358 g/mol. The van der Waals surface area contributed by atoms with E-state index in [4.69, 9.17) is 4.74 Å². The summed E-state index contributed by atoms with van der Waals surface area (Å²) in [5.74, 6) is 2.68. The standard InChI is InChI=1S/C22H30O4/c1-21-7-4-16-15-3-2-14(24)11-17(15)13(12-23)10-18(16)19(21)5-8-22(21)9-6-20(25)26-22/h6,9,11,13,15-16,18-20,23,25H,2-5,7-8,10,12H2,1H3/t13-,15-,16?,18?,19?,20?,21+,22-/m1/s1. The molecule has 2 N–H and O–H groups in total. The smallest absolute Gasteiger partial charge is 0.175 e. The summed E-state index contributed by atoms with van der Waals surface area (Å²) >= 11 is 0. The van der Waals surface area contributed by atoms with Gasteiger partial charge >= 0.3 is 0 Å². The Morgan fingerprint density at radius 1 is 1.23 bits per heavy atom. The zero-order chi connectivity index (χ0) is 18.1. The molecule has 4 heteroatoms.